The summed E-state index contributed by atoms with van der Waals surface area (Å²) in [5.41, 5.74) is 1.37. The van der Waals surface area contributed by atoms with Gasteiger partial charge < -0.3 is 5.32 Å². The van der Waals surface area contributed by atoms with Gasteiger partial charge in [-0.1, -0.05) is 35.3 Å². The second-order valence-corrected chi connectivity index (χ2v) is 7.81. The van der Waals surface area contributed by atoms with Crippen LogP contribution in [0.4, 0.5) is 5.69 Å². The summed E-state index contributed by atoms with van der Waals surface area (Å²) in [5.74, 6) is -0.500. The van der Waals surface area contributed by atoms with E-state index in [1.54, 1.807) is 24.3 Å². The second kappa shape index (κ2) is 7.53. The van der Waals surface area contributed by atoms with Crippen LogP contribution in [0.3, 0.4) is 0 Å². The number of carbonyl (C=O) groups is 1. The van der Waals surface area contributed by atoms with Gasteiger partial charge in [-0.2, -0.15) is 4.72 Å². The monoisotopic (exact) mass is 386 g/mol. The first-order chi connectivity index (χ1) is 11.2. The Morgan fingerprint density at radius 3 is 2.46 bits per heavy atom. The van der Waals surface area contributed by atoms with Gasteiger partial charge in [-0.05, 0) is 49.7 Å². The molecule has 0 aliphatic rings. The van der Waals surface area contributed by atoms with Crippen molar-refractivity contribution in [3.05, 3.63) is 58.1 Å². The number of benzene rings is 2. The minimum Gasteiger partial charge on any atom is -0.325 e. The highest BCUT2D eigenvalue weighted by Crippen LogP contribution is 2.20. The van der Waals surface area contributed by atoms with E-state index >= 15 is 0 Å². The van der Waals surface area contributed by atoms with E-state index in [-0.39, 0.29) is 4.90 Å². The Kier molecular flexibility index (Phi) is 5.87. The SMILES string of the molecule is Cc1ccc(NC(=O)[C@H](C)NS(=O)(=O)c2cccc(Cl)c2)cc1Cl. The molecule has 0 fully saturated rings. The van der Waals surface area contributed by atoms with E-state index in [1.807, 2.05) is 6.92 Å². The van der Waals surface area contributed by atoms with Crippen molar-refractivity contribution in [1.82, 2.24) is 4.72 Å². The molecule has 5 nitrogen and oxygen atoms in total. The molecule has 2 aromatic carbocycles. The van der Waals surface area contributed by atoms with Crippen LogP contribution in [0.25, 0.3) is 0 Å². The quantitative estimate of drug-likeness (QED) is 0.823. The lowest BCUT2D eigenvalue weighted by atomic mass is 10.2. The van der Waals surface area contributed by atoms with Crippen molar-refractivity contribution in [1.29, 1.82) is 0 Å². The normalized spacial score (nSPS) is 12.7. The molecule has 1 atom stereocenters. The van der Waals surface area contributed by atoms with Crippen molar-refractivity contribution in [3.63, 3.8) is 0 Å². The molecule has 0 aromatic heterocycles. The summed E-state index contributed by atoms with van der Waals surface area (Å²) < 4.78 is 26.9. The summed E-state index contributed by atoms with van der Waals surface area (Å²) in [5, 5.41) is 3.43. The van der Waals surface area contributed by atoms with E-state index in [0.29, 0.717) is 15.7 Å². The Bertz CT molecular complexity index is 869. The van der Waals surface area contributed by atoms with Crippen molar-refractivity contribution in [2.75, 3.05) is 5.32 Å². The zero-order chi connectivity index (χ0) is 17.9. The molecule has 128 valence electrons. The van der Waals surface area contributed by atoms with Crippen LogP contribution < -0.4 is 10.0 Å². The van der Waals surface area contributed by atoms with Crippen molar-refractivity contribution < 1.29 is 13.2 Å². The minimum atomic E-state index is -3.86. The Labute approximate surface area is 151 Å². The lowest BCUT2D eigenvalue weighted by Gasteiger charge is -2.15. The third kappa shape index (κ3) is 4.70. The van der Waals surface area contributed by atoms with Gasteiger partial charge in [-0.15, -0.1) is 0 Å². The molecule has 0 aliphatic carbocycles. The Morgan fingerprint density at radius 2 is 1.83 bits per heavy atom. The zero-order valence-corrected chi connectivity index (χ0v) is 15.3. The van der Waals surface area contributed by atoms with Crippen LogP contribution in [0.15, 0.2) is 47.4 Å². The van der Waals surface area contributed by atoms with Crippen molar-refractivity contribution in [3.8, 4) is 0 Å². The first kappa shape index (κ1) is 18.7. The second-order valence-electron chi connectivity index (χ2n) is 5.25. The van der Waals surface area contributed by atoms with Crippen molar-refractivity contribution in [2.24, 2.45) is 0 Å². The van der Waals surface area contributed by atoms with Gasteiger partial charge in [-0.3, -0.25) is 4.79 Å². The molecule has 0 aliphatic heterocycles. The maximum absolute atomic E-state index is 12.3. The fourth-order valence-electron chi connectivity index (χ4n) is 1.91. The molecular formula is C16H16Cl2N2O3S. The average molecular weight is 387 g/mol. The third-order valence-corrected chi connectivity index (χ3v) is 5.45. The molecule has 0 saturated heterocycles. The number of anilines is 1. The maximum atomic E-state index is 12.3. The Balaban J connectivity index is 2.09. The molecule has 2 aromatic rings. The molecule has 0 radical (unpaired) electrons. The number of amides is 1. The largest absolute Gasteiger partial charge is 0.325 e. The van der Waals surface area contributed by atoms with Crippen LogP contribution >= 0.6 is 23.2 Å². The van der Waals surface area contributed by atoms with Crippen LogP contribution in [0.5, 0.6) is 0 Å². The van der Waals surface area contributed by atoms with Crippen LogP contribution in [0, 0.1) is 6.92 Å². The summed E-state index contributed by atoms with van der Waals surface area (Å²) in [6.07, 6.45) is 0. The number of nitrogens with one attached hydrogen (secondary N) is 2. The molecule has 2 rings (SSSR count). The predicted molar refractivity (Wildman–Crippen MR) is 96.1 cm³/mol. The Hall–Kier alpha value is -1.60. The summed E-state index contributed by atoms with van der Waals surface area (Å²) in [7, 11) is -3.86. The lowest BCUT2D eigenvalue weighted by Crippen LogP contribution is -2.41. The van der Waals surface area contributed by atoms with E-state index in [0.717, 1.165) is 5.56 Å². The van der Waals surface area contributed by atoms with Crippen molar-refractivity contribution in [2.45, 2.75) is 24.8 Å². The van der Waals surface area contributed by atoms with Crippen LogP contribution in [0.2, 0.25) is 10.0 Å². The van der Waals surface area contributed by atoms with Crippen LogP contribution in [0.1, 0.15) is 12.5 Å². The standard InChI is InChI=1S/C16H16Cl2N2O3S/c1-10-6-7-13(9-15(10)18)19-16(21)11(2)20-24(22,23)14-5-3-4-12(17)8-14/h3-9,11,20H,1-2H3,(H,19,21)/t11-/m0/s1. The van der Waals surface area contributed by atoms with Gasteiger partial charge in [0.1, 0.15) is 0 Å². The molecule has 0 unspecified atom stereocenters. The molecule has 0 saturated carbocycles. The van der Waals surface area contributed by atoms with E-state index in [9.17, 15) is 13.2 Å². The number of aryl methyl sites for hydroxylation is 1. The summed E-state index contributed by atoms with van der Waals surface area (Å²) in [4.78, 5) is 12.2. The third-order valence-electron chi connectivity index (χ3n) is 3.27. The van der Waals surface area contributed by atoms with Crippen LogP contribution in [-0.2, 0) is 14.8 Å². The predicted octanol–water partition coefficient (Wildman–Crippen LogP) is 3.61. The first-order valence-corrected chi connectivity index (χ1v) is 9.28. The number of carbonyl (C=O) groups excluding carboxylic acids is 1. The molecule has 0 spiro atoms. The molecule has 1 amide bonds. The number of hydrogen-bond acceptors (Lipinski definition) is 3. The summed E-state index contributed by atoms with van der Waals surface area (Å²) >= 11 is 11.8. The highest BCUT2D eigenvalue weighted by Gasteiger charge is 2.22. The highest BCUT2D eigenvalue weighted by atomic mass is 35.5. The van der Waals surface area contributed by atoms with Gasteiger partial charge in [0.25, 0.3) is 0 Å². The highest BCUT2D eigenvalue weighted by molar-refractivity contribution is 7.89. The fourth-order valence-corrected chi connectivity index (χ4v) is 3.59. The van der Waals surface area contributed by atoms with Gasteiger partial charge >= 0.3 is 0 Å². The molecular weight excluding hydrogens is 371 g/mol. The van der Waals surface area contributed by atoms with Crippen molar-refractivity contribution >= 4 is 44.8 Å². The smallest absolute Gasteiger partial charge is 0.242 e. The van der Waals surface area contributed by atoms with E-state index in [2.05, 4.69) is 10.0 Å². The maximum Gasteiger partial charge on any atom is 0.242 e. The fraction of sp³-hybridized carbons (Fsp3) is 0.188. The van der Waals surface area contributed by atoms with E-state index in [4.69, 9.17) is 23.2 Å². The minimum absolute atomic E-state index is 0.00645. The van der Waals surface area contributed by atoms with Gasteiger partial charge in [0.15, 0.2) is 0 Å². The molecule has 24 heavy (non-hydrogen) atoms. The summed E-state index contributed by atoms with van der Waals surface area (Å²) in [6, 6.07) is 9.89. The van der Waals surface area contributed by atoms with Gasteiger partial charge in [0, 0.05) is 15.7 Å². The number of halogens is 2. The molecule has 2 N–H and O–H groups in total. The number of hydrogen-bond donors (Lipinski definition) is 2. The van der Waals surface area contributed by atoms with Gasteiger partial charge in [-0.25, -0.2) is 8.42 Å². The van der Waals surface area contributed by atoms with Gasteiger partial charge in [0.05, 0.1) is 10.9 Å². The molecule has 0 bridgehead atoms. The van der Waals surface area contributed by atoms with Gasteiger partial charge in [0.2, 0.25) is 15.9 Å². The topological polar surface area (TPSA) is 75.3 Å². The van der Waals surface area contributed by atoms with E-state index in [1.165, 1.54) is 25.1 Å². The number of rotatable bonds is 5. The molecule has 8 heteroatoms. The van der Waals surface area contributed by atoms with E-state index < -0.39 is 22.0 Å². The first-order valence-electron chi connectivity index (χ1n) is 7.04. The molecule has 0 heterocycles. The average Bonchev–Trinajstić information content (AvgIpc) is 2.50. The Morgan fingerprint density at radius 1 is 1.12 bits per heavy atom. The summed E-state index contributed by atoms with van der Waals surface area (Å²) in [6.45, 7) is 3.29. The van der Waals surface area contributed by atoms with Crippen LogP contribution in [-0.4, -0.2) is 20.4 Å². The number of sulfonamides is 1. The zero-order valence-electron chi connectivity index (χ0n) is 13.0. The lowest BCUT2D eigenvalue weighted by molar-refractivity contribution is -0.117.